The maximum atomic E-state index is 12.8. The minimum Gasteiger partial charge on any atom is -0.462 e. The van der Waals surface area contributed by atoms with E-state index >= 15 is 0 Å². The van der Waals surface area contributed by atoms with Gasteiger partial charge in [0.1, 0.15) is 13.2 Å². The van der Waals surface area contributed by atoms with E-state index in [2.05, 4.69) is 106 Å². The molecule has 0 aromatic carbocycles. The standard InChI is InChI=1S/C57H96O6/c1-4-7-10-13-16-19-22-25-28-31-34-37-40-43-46-49-55(58)61-52-54(63-57(60)51-48-45-42-39-36-33-30-27-24-21-18-15-12-9-6-3)53-62-56(59)50-47-44-41-38-35-32-29-26-23-20-17-14-11-8-5-2/h16-21,25-30,34,37,54H,4-15,22-24,31-33,35-36,38-53H2,1-3H3/b19-16-,20-17-,21-18-,28-25-,29-26-,30-27-,37-34-/t54-/m0/s1. The van der Waals surface area contributed by atoms with Gasteiger partial charge in [-0.2, -0.15) is 0 Å². The van der Waals surface area contributed by atoms with E-state index in [1.165, 1.54) is 77.0 Å². The van der Waals surface area contributed by atoms with Crippen LogP contribution in [0.25, 0.3) is 0 Å². The Kier molecular flexibility index (Phi) is 48.5. The molecule has 6 heteroatoms. The zero-order valence-corrected chi connectivity index (χ0v) is 41.1. The van der Waals surface area contributed by atoms with E-state index < -0.39 is 6.10 Å². The fourth-order valence-electron chi connectivity index (χ4n) is 6.86. The second-order valence-corrected chi connectivity index (χ2v) is 17.1. The van der Waals surface area contributed by atoms with E-state index in [1.54, 1.807) is 0 Å². The number of hydrogen-bond acceptors (Lipinski definition) is 6. The van der Waals surface area contributed by atoms with Crippen molar-refractivity contribution in [3.63, 3.8) is 0 Å². The van der Waals surface area contributed by atoms with E-state index in [-0.39, 0.29) is 31.1 Å². The van der Waals surface area contributed by atoms with Gasteiger partial charge in [0.15, 0.2) is 6.10 Å². The Bertz CT molecular complexity index is 1240. The van der Waals surface area contributed by atoms with Crippen molar-refractivity contribution in [2.75, 3.05) is 13.2 Å². The summed E-state index contributed by atoms with van der Waals surface area (Å²) < 4.78 is 16.7. The lowest BCUT2D eigenvalue weighted by atomic mass is 10.1. The molecule has 0 fully saturated rings. The van der Waals surface area contributed by atoms with Gasteiger partial charge >= 0.3 is 17.9 Å². The Morgan fingerprint density at radius 1 is 0.317 bits per heavy atom. The quantitative estimate of drug-likeness (QED) is 0.0262. The van der Waals surface area contributed by atoms with E-state index in [1.807, 2.05) is 0 Å². The molecule has 0 bridgehead atoms. The van der Waals surface area contributed by atoms with Crippen molar-refractivity contribution in [2.24, 2.45) is 0 Å². The molecule has 0 N–H and O–H groups in total. The van der Waals surface area contributed by atoms with Crippen molar-refractivity contribution in [2.45, 2.75) is 245 Å². The molecule has 0 radical (unpaired) electrons. The Morgan fingerprint density at radius 3 is 0.921 bits per heavy atom. The molecule has 0 saturated heterocycles. The van der Waals surface area contributed by atoms with Gasteiger partial charge in [-0.1, -0.05) is 183 Å². The molecule has 0 rings (SSSR count). The number of unbranched alkanes of at least 4 members (excludes halogenated alkanes) is 21. The average molecular weight is 877 g/mol. The lowest BCUT2D eigenvalue weighted by Crippen LogP contribution is -2.30. The van der Waals surface area contributed by atoms with Gasteiger partial charge in [0.05, 0.1) is 0 Å². The number of allylic oxidation sites excluding steroid dienone is 14. The minimum absolute atomic E-state index is 0.102. The van der Waals surface area contributed by atoms with Gasteiger partial charge in [-0.3, -0.25) is 14.4 Å². The van der Waals surface area contributed by atoms with E-state index in [4.69, 9.17) is 14.2 Å². The van der Waals surface area contributed by atoms with Crippen LogP contribution in [0.5, 0.6) is 0 Å². The average Bonchev–Trinajstić information content (AvgIpc) is 3.28. The van der Waals surface area contributed by atoms with Crippen LogP contribution in [-0.4, -0.2) is 37.2 Å². The number of rotatable bonds is 46. The molecule has 0 amide bonds. The van der Waals surface area contributed by atoms with Crippen molar-refractivity contribution in [1.29, 1.82) is 0 Å². The topological polar surface area (TPSA) is 78.9 Å². The van der Waals surface area contributed by atoms with Crippen LogP contribution < -0.4 is 0 Å². The van der Waals surface area contributed by atoms with Crippen LogP contribution >= 0.6 is 0 Å². The van der Waals surface area contributed by atoms with Crippen LogP contribution in [0.4, 0.5) is 0 Å². The fraction of sp³-hybridized carbons (Fsp3) is 0.702. The highest BCUT2D eigenvalue weighted by molar-refractivity contribution is 5.71. The first-order chi connectivity index (χ1) is 31.0. The van der Waals surface area contributed by atoms with Crippen molar-refractivity contribution in [3.8, 4) is 0 Å². The summed E-state index contributed by atoms with van der Waals surface area (Å²) in [6.07, 6.45) is 65.6. The highest BCUT2D eigenvalue weighted by Gasteiger charge is 2.19. The molecule has 0 aliphatic rings. The van der Waals surface area contributed by atoms with Crippen molar-refractivity contribution < 1.29 is 28.6 Å². The predicted molar refractivity (Wildman–Crippen MR) is 270 cm³/mol. The molecule has 0 aromatic heterocycles. The van der Waals surface area contributed by atoms with Crippen molar-refractivity contribution >= 4 is 17.9 Å². The minimum atomic E-state index is -0.805. The van der Waals surface area contributed by atoms with Gasteiger partial charge in [0, 0.05) is 19.3 Å². The summed E-state index contributed by atoms with van der Waals surface area (Å²) in [4.78, 5) is 38.0. The van der Waals surface area contributed by atoms with Crippen LogP contribution in [0.15, 0.2) is 85.1 Å². The lowest BCUT2D eigenvalue weighted by Gasteiger charge is -2.18. The van der Waals surface area contributed by atoms with Crippen LogP contribution in [0.3, 0.4) is 0 Å². The van der Waals surface area contributed by atoms with Crippen LogP contribution in [-0.2, 0) is 28.6 Å². The molecule has 0 aliphatic heterocycles. The van der Waals surface area contributed by atoms with Gasteiger partial charge in [-0.05, 0) is 122 Å². The normalized spacial score (nSPS) is 12.7. The summed E-state index contributed by atoms with van der Waals surface area (Å²) in [7, 11) is 0. The van der Waals surface area contributed by atoms with Crippen LogP contribution in [0.2, 0.25) is 0 Å². The Labute approximate surface area is 388 Å². The summed E-state index contributed by atoms with van der Waals surface area (Å²) in [6, 6.07) is 0. The molecule has 1 atom stereocenters. The monoisotopic (exact) mass is 877 g/mol. The molecule has 0 saturated carbocycles. The Balaban J connectivity index is 4.50. The van der Waals surface area contributed by atoms with Gasteiger partial charge in [-0.15, -0.1) is 0 Å². The molecule has 0 aromatic rings. The second-order valence-electron chi connectivity index (χ2n) is 17.1. The first kappa shape index (κ1) is 59.6. The van der Waals surface area contributed by atoms with Gasteiger partial charge in [0.25, 0.3) is 0 Å². The first-order valence-electron chi connectivity index (χ1n) is 26.1. The van der Waals surface area contributed by atoms with Crippen molar-refractivity contribution in [1.82, 2.24) is 0 Å². The number of carbonyl (C=O) groups excluding carboxylic acids is 3. The largest absolute Gasteiger partial charge is 0.462 e. The fourth-order valence-corrected chi connectivity index (χ4v) is 6.86. The number of carbonyl (C=O) groups is 3. The van der Waals surface area contributed by atoms with Gasteiger partial charge in [0.2, 0.25) is 0 Å². The van der Waals surface area contributed by atoms with Crippen LogP contribution in [0.1, 0.15) is 239 Å². The molecular weight excluding hydrogens is 781 g/mol. The smallest absolute Gasteiger partial charge is 0.306 e. The molecule has 6 nitrogen and oxygen atoms in total. The Morgan fingerprint density at radius 2 is 0.571 bits per heavy atom. The summed E-state index contributed by atoms with van der Waals surface area (Å²) in [5.41, 5.74) is 0. The molecule has 0 aliphatic carbocycles. The second kappa shape index (κ2) is 51.2. The third-order valence-corrected chi connectivity index (χ3v) is 10.8. The lowest BCUT2D eigenvalue weighted by molar-refractivity contribution is -0.167. The van der Waals surface area contributed by atoms with Gasteiger partial charge < -0.3 is 14.2 Å². The van der Waals surface area contributed by atoms with Crippen LogP contribution in [0, 0.1) is 0 Å². The SMILES string of the molecule is CCCCC/C=C\C/C=C\C/C=C\CCCCC(=O)OC[C@@H](COC(=O)CCCCCCC/C=C\C/C=C\CCCCC)OC(=O)CCCCCCC/C=C\C/C=C\CCCCC. The number of ether oxygens (including phenoxy) is 3. The third-order valence-electron chi connectivity index (χ3n) is 10.8. The maximum Gasteiger partial charge on any atom is 0.306 e. The molecule has 0 spiro atoms. The summed E-state index contributed by atoms with van der Waals surface area (Å²) in [5.74, 6) is -0.970. The zero-order valence-electron chi connectivity index (χ0n) is 41.1. The molecule has 0 heterocycles. The van der Waals surface area contributed by atoms with E-state index in [0.717, 1.165) is 122 Å². The van der Waals surface area contributed by atoms with E-state index in [9.17, 15) is 14.4 Å². The van der Waals surface area contributed by atoms with E-state index in [0.29, 0.717) is 19.3 Å². The summed E-state index contributed by atoms with van der Waals surface area (Å²) >= 11 is 0. The predicted octanol–water partition coefficient (Wildman–Crippen LogP) is 17.2. The zero-order chi connectivity index (χ0) is 45.8. The highest BCUT2D eigenvalue weighted by atomic mass is 16.6. The Hall–Kier alpha value is -3.41. The van der Waals surface area contributed by atoms with Gasteiger partial charge in [-0.25, -0.2) is 0 Å². The summed E-state index contributed by atoms with van der Waals surface area (Å²) in [5, 5.41) is 0. The first-order valence-corrected chi connectivity index (χ1v) is 26.1. The number of esters is 3. The van der Waals surface area contributed by atoms with Crippen molar-refractivity contribution in [3.05, 3.63) is 85.1 Å². The molecule has 63 heavy (non-hydrogen) atoms. The molecule has 0 unspecified atom stereocenters. The molecule has 360 valence electrons. The number of hydrogen-bond donors (Lipinski definition) is 0. The molecular formula is C57H96O6. The summed E-state index contributed by atoms with van der Waals surface area (Å²) in [6.45, 7) is 6.49. The third kappa shape index (κ3) is 49.5. The maximum absolute atomic E-state index is 12.8. The highest BCUT2D eigenvalue weighted by Crippen LogP contribution is 2.13.